The standard InChI is InChI=1S/C31H36BrN3O5S/c1-23(31(37)33-26-9-5-3-6-10-26)34(21-24-13-15-25(32)16-14-24)30(36)22-35(27-11-7-4-8-12-27)41(38,39)29-19-17-28(40-2)18-20-29/h4,7-8,11-20,23,26H,3,5-6,9-10,21-22H2,1-2H3,(H,33,37). The van der Waals surface area contributed by atoms with E-state index < -0.39 is 28.5 Å². The predicted molar refractivity (Wildman–Crippen MR) is 163 cm³/mol. The Morgan fingerprint density at radius 2 is 1.59 bits per heavy atom. The zero-order chi connectivity index (χ0) is 29.4. The molecule has 8 nitrogen and oxygen atoms in total. The van der Waals surface area contributed by atoms with Crippen LogP contribution in [0.4, 0.5) is 5.69 Å². The number of methoxy groups -OCH3 is 1. The van der Waals surface area contributed by atoms with Crippen molar-refractivity contribution < 1.29 is 22.7 Å². The molecule has 3 aromatic carbocycles. The lowest BCUT2D eigenvalue weighted by Crippen LogP contribution is -2.53. The third-order valence-corrected chi connectivity index (χ3v) is 9.67. The van der Waals surface area contributed by atoms with E-state index in [-0.39, 0.29) is 23.4 Å². The topological polar surface area (TPSA) is 96.0 Å². The van der Waals surface area contributed by atoms with Crippen LogP contribution in [0.25, 0.3) is 0 Å². The minimum Gasteiger partial charge on any atom is -0.497 e. The number of ether oxygens (including phenoxy) is 1. The number of amides is 2. The van der Waals surface area contributed by atoms with Crippen molar-refractivity contribution >= 4 is 43.5 Å². The molecule has 3 aromatic rings. The van der Waals surface area contributed by atoms with Gasteiger partial charge in [-0.05, 0) is 73.9 Å². The van der Waals surface area contributed by atoms with E-state index in [2.05, 4.69) is 21.2 Å². The molecular weight excluding hydrogens is 606 g/mol. The maximum atomic E-state index is 14.0. The van der Waals surface area contributed by atoms with Gasteiger partial charge in [-0.2, -0.15) is 0 Å². The molecule has 0 bridgehead atoms. The number of sulfonamides is 1. The van der Waals surface area contributed by atoms with Gasteiger partial charge in [0.15, 0.2) is 0 Å². The van der Waals surface area contributed by atoms with Gasteiger partial charge >= 0.3 is 0 Å². The van der Waals surface area contributed by atoms with Crippen LogP contribution in [-0.4, -0.2) is 50.9 Å². The summed E-state index contributed by atoms with van der Waals surface area (Å²) in [5, 5.41) is 3.12. The number of halogens is 1. The van der Waals surface area contributed by atoms with Crippen molar-refractivity contribution in [3.8, 4) is 5.75 Å². The smallest absolute Gasteiger partial charge is 0.264 e. The number of carbonyl (C=O) groups is 2. The fourth-order valence-corrected chi connectivity index (χ4v) is 6.61. The van der Waals surface area contributed by atoms with E-state index in [9.17, 15) is 18.0 Å². The Hall–Kier alpha value is -3.37. The summed E-state index contributed by atoms with van der Waals surface area (Å²) in [5.41, 5.74) is 1.17. The largest absolute Gasteiger partial charge is 0.497 e. The SMILES string of the molecule is COc1ccc(S(=O)(=O)N(CC(=O)N(Cc2ccc(Br)cc2)C(C)C(=O)NC2CCCCC2)c2ccccc2)cc1. The molecule has 10 heteroatoms. The number of para-hydroxylation sites is 1. The molecule has 0 aromatic heterocycles. The van der Waals surface area contributed by atoms with Gasteiger partial charge in [0.1, 0.15) is 18.3 Å². The molecule has 41 heavy (non-hydrogen) atoms. The Bertz CT molecular complexity index is 1410. The first-order valence-corrected chi connectivity index (χ1v) is 16.0. The number of hydrogen-bond donors (Lipinski definition) is 1. The number of benzene rings is 3. The molecule has 1 aliphatic carbocycles. The van der Waals surface area contributed by atoms with E-state index in [4.69, 9.17) is 4.74 Å². The summed E-state index contributed by atoms with van der Waals surface area (Å²) in [7, 11) is -2.63. The number of carbonyl (C=O) groups excluding carboxylic acids is 2. The van der Waals surface area contributed by atoms with Crippen molar-refractivity contribution in [3.05, 3.63) is 88.9 Å². The predicted octanol–water partition coefficient (Wildman–Crippen LogP) is 5.52. The Kier molecular flexibility index (Phi) is 10.4. The average Bonchev–Trinajstić information content (AvgIpc) is 3.00. The van der Waals surface area contributed by atoms with Crippen LogP contribution < -0.4 is 14.4 Å². The van der Waals surface area contributed by atoms with Crippen molar-refractivity contribution in [1.82, 2.24) is 10.2 Å². The highest BCUT2D eigenvalue weighted by Crippen LogP contribution is 2.26. The summed E-state index contributed by atoms with van der Waals surface area (Å²) >= 11 is 3.43. The van der Waals surface area contributed by atoms with Crippen LogP contribution in [0.1, 0.15) is 44.6 Å². The molecule has 1 N–H and O–H groups in total. The van der Waals surface area contributed by atoms with Gasteiger partial charge in [0.2, 0.25) is 11.8 Å². The molecule has 0 saturated heterocycles. The van der Waals surface area contributed by atoms with Crippen molar-refractivity contribution in [2.45, 2.75) is 62.6 Å². The lowest BCUT2D eigenvalue weighted by atomic mass is 9.95. The summed E-state index contributed by atoms with van der Waals surface area (Å²) in [6, 6.07) is 21.3. The van der Waals surface area contributed by atoms with Gasteiger partial charge in [0.25, 0.3) is 10.0 Å². The summed E-state index contributed by atoms with van der Waals surface area (Å²) in [4.78, 5) is 28.9. The van der Waals surface area contributed by atoms with Gasteiger partial charge < -0.3 is 15.0 Å². The zero-order valence-corrected chi connectivity index (χ0v) is 25.7. The van der Waals surface area contributed by atoms with Crippen LogP contribution in [0, 0.1) is 0 Å². The van der Waals surface area contributed by atoms with E-state index in [0.717, 1.165) is 46.4 Å². The highest BCUT2D eigenvalue weighted by atomic mass is 79.9. The summed E-state index contributed by atoms with van der Waals surface area (Å²) in [6.45, 7) is 1.37. The molecule has 1 fully saturated rings. The van der Waals surface area contributed by atoms with Gasteiger partial charge in [0.05, 0.1) is 17.7 Å². The molecule has 1 unspecified atom stereocenters. The molecule has 0 aliphatic heterocycles. The van der Waals surface area contributed by atoms with Crippen molar-refractivity contribution in [1.29, 1.82) is 0 Å². The number of hydrogen-bond acceptors (Lipinski definition) is 5. The van der Waals surface area contributed by atoms with Crippen molar-refractivity contribution in [2.24, 2.45) is 0 Å². The highest BCUT2D eigenvalue weighted by Gasteiger charge is 2.33. The summed E-state index contributed by atoms with van der Waals surface area (Å²) < 4.78 is 34.9. The van der Waals surface area contributed by atoms with E-state index in [0.29, 0.717) is 11.4 Å². The molecule has 218 valence electrons. The molecule has 4 rings (SSSR count). The zero-order valence-electron chi connectivity index (χ0n) is 23.3. The minimum atomic E-state index is -4.13. The molecule has 2 amide bonds. The number of nitrogens with one attached hydrogen (secondary N) is 1. The Morgan fingerprint density at radius 3 is 2.20 bits per heavy atom. The van der Waals surface area contributed by atoms with E-state index >= 15 is 0 Å². The Balaban J connectivity index is 1.65. The second-order valence-electron chi connectivity index (χ2n) is 10.2. The van der Waals surface area contributed by atoms with Gasteiger partial charge in [-0.1, -0.05) is 65.5 Å². The lowest BCUT2D eigenvalue weighted by molar-refractivity contribution is -0.139. The van der Waals surface area contributed by atoms with E-state index in [1.807, 2.05) is 24.3 Å². The fourth-order valence-electron chi connectivity index (χ4n) is 4.94. The fraction of sp³-hybridized carbons (Fsp3) is 0.355. The minimum absolute atomic E-state index is 0.0255. The number of nitrogens with zero attached hydrogens (tertiary/aromatic N) is 2. The van der Waals surface area contributed by atoms with E-state index in [1.54, 1.807) is 49.4 Å². The van der Waals surface area contributed by atoms with Gasteiger partial charge in [-0.15, -0.1) is 0 Å². The molecule has 1 aliphatic rings. The first-order chi connectivity index (χ1) is 19.7. The van der Waals surface area contributed by atoms with Crippen LogP contribution in [0.15, 0.2) is 88.2 Å². The van der Waals surface area contributed by atoms with Gasteiger partial charge in [-0.3, -0.25) is 13.9 Å². The first kappa shape index (κ1) is 30.6. The molecular formula is C31H36BrN3O5S. The normalized spacial score (nSPS) is 14.6. The molecule has 0 spiro atoms. The Labute approximate surface area is 250 Å². The quantitative estimate of drug-likeness (QED) is 0.297. The van der Waals surface area contributed by atoms with Crippen LogP contribution in [0.2, 0.25) is 0 Å². The third kappa shape index (κ3) is 7.89. The monoisotopic (exact) mass is 641 g/mol. The maximum absolute atomic E-state index is 14.0. The van der Waals surface area contributed by atoms with Crippen molar-refractivity contribution in [2.75, 3.05) is 18.0 Å². The second kappa shape index (κ2) is 14.0. The lowest BCUT2D eigenvalue weighted by Gasteiger charge is -2.33. The average molecular weight is 643 g/mol. The molecule has 1 atom stereocenters. The number of rotatable bonds is 11. The maximum Gasteiger partial charge on any atom is 0.264 e. The second-order valence-corrected chi connectivity index (χ2v) is 13.0. The van der Waals surface area contributed by atoms with Crippen LogP contribution in [0.5, 0.6) is 5.75 Å². The highest BCUT2D eigenvalue weighted by molar-refractivity contribution is 9.10. The van der Waals surface area contributed by atoms with Crippen molar-refractivity contribution in [3.63, 3.8) is 0 Å². The van der Waals surface area contributed by atoms with Gasteiger partial charge in [-0.25, -0.2) is 8.42 Å². The number of anilines is 1. The Morgan fingerprint density at radius 1 is 0.951 bits per heavy atom. The summed E-state index contributed by atoms with van der Waals surface area (Å²) in [6.07, 6.45) is 5.13. The summed E-state index contributed by atoms with van der Waals surface area (Å²) in [5.74, 6) is -0.212. The molecule has 1 saturated carbocycles. The third-order valence-electron chi connectivity index (χ3n) is 7.36. The van der Waals surface area contributed by atoms with Crippen LogP contribution in [0.3, 0.4) is 0 Å². The van der Waals surface area contributed by atoms with E-state index in [1.165, 1.54) is 24.1 Å². The molecule has 0 heterocycles. The first-order valence-electron chi connectivity index (χ1n) is 13.7. The van der Waals surface area contributed by atoms with Crippen LogP contribution in [-0.2, 0) is 26.2 Å². The van der Waals surface area contributed by atoms with Crippen LogP contribution >= 0.6 is 15.9 Å². The van der Waals surface area contributed by atoms with Gasteiger partial charge in [0, 0.05) is 17.1 Å². The molecule has 0 radical (unpaired) electrons.